The van der Waals surface area contributed by atoms with Crippen molar-refractivity contribution in [3.05, 3.63) is 91.9 Å². The first-order valence-electron chi connectivity index (χ1n) is 9.77. The van der Waals surface area contributed by atoms with E-state index in [2.05, 4.69) is 41.4 Å². The minimum absolute atomic E-state index is 0.140. The topological polar surface area (TPSA) is 110 Å². The summed E-state index contributed by atoms with van der Waals surface area (Å²) in [5, 5.41) is 12.4. The van der Waals surface area contributed by atoms with E-state index in [0.717, 1.165) is 4.47 Å². The van der Waals surface area contributed by atoms with Crippen LogP contribution in [-0.2, 0) is 0 Å². The van der Waals surface area contributed by atoms with Gasteiger partial charge in [0.05, 0.1) is 17.6 Å². The van der Waals surface area contributed by atoms with Crippen LogP contribution in [0.25, 0.3) is 22.7 Å². The van der Waals surface area contributed by atoms with Crippen LogP contribution in [0.4, 0.5) is 5.82 Å². The fourth-order valence-corrected chi connectivity index (χ4v) is 3.87. The molecule has 0 aliphatic carbocycles. The molecule has 0 unspecified atom stereocenters. The highest BCUT2D eigenvalue weighted by Gasteiger charge is 2.17. The van der Waals surface area contributed by atoms with Gasteiger partial charge in [0.2, 0.25) is 5.95 Å². The maximum atomic E-state index is 12.8. The summed E-state index contributed by atoms with van der Waals surface area (Å²) in [7, 11) is 0. The Morgan fingerprint density at radius 2 is 1.91 bits per heavy atom. The number of anilines is 1. The van der Waals surface area contributed by atoms with Crippen molar-refractivity contribution in [1.82, 2.24) is 29.5 Å². The number of aryl methyl sites for hydroxylation is 1. The van der Waals surface area contributed by atoms with Gasteiger partial charge in [-0.05, 0) is 49.4 Å². The smallest absolute Gasteiger partial charge is 0.263 e. The number of fused-ring (bicyclic) bond motifs is 1. The van der Waals surface area contributed by atoms with Crippen LogP contribution < -0.4 is 10.9 Å². The third kappa shape index (κ3) is 4.06. The fraction of sp³-hybridized carbons (Fsp3) is 0.0455. The number of amides is 1. The Bertz CT molecular complexity index is 1570. The molecule has 5 aromatic rings. The maximum absolute atomic E-state index is 12.8. The number of hydrogen-bond acceptors (Lipinski definition) is 5. The molecule has 0 saturated heterocycles. The molecule has 0 spiro atoms. The van der Waals surface area contributed by atoms with Gasteiger partial charge in [-0.1, -0.05) is 33.6 Å². The molecule has 3 aromatic heterocycles. The van der Waals surface area contributed by atoms with Crippen LogP contribution in [0.15, 0.2) is 70.1 Å². The lowest BCUT2D eigenvalue weighted by molar-refractivity contribution is 0.102. The van der Waals surface area contributed by atoms with Gasteiger partial charge in [-0.25, -0.2) is 4.68 Å². The summed E-state index contributed by atoms with van der Waals surface area (Å²) >= 11 is 9.35. The van der Waals surface area contributed by atoms with Crippen LogP contribution in [0.5, 0.6) is 0 Å². The summed E-state index contributed by atoms with van der Waals surface area (Å²) in [5.74, 6) is 0.172. The second-order valence-corrected chi connectivity index (χ2v) is 8.56. The molecule has 11 heteroatoms. The van der Waals surface area contributed by atoms with Crippen molar-refractivity contribution in [2.75, 3.05) is 5.32 Å². The summed E-state index contributed by atoms with van der Waals surface area (Å²) in [6.07, 6.45) is 1.45. The summed E-state index contributed by atoms with van der Waals surface area (Å²) in [5.41, 5.74) is 1.75. The van der Waals surface area contributed by atoms with Crippen LogP contribution >= 0.6 is 27.5 Å². The third-order valence-electron chi connectivity index (χ3n) is 4.86. The number of nitrogens with one attached hydrogen (secondary N) is 2. The van der Waals surface area contributed by atoms with Crippen molar-refractivity contribution in [3.63, 3.8) is 0 Å². The number of benzene rings is 2. The second-order valence-electron chi connectivity index (χ2n) is 7.21. The highest BCUT2D eigenvalue weighted by Crippen LogP contribution is 2.20. The first-order valence-corrected chi connectivity index (χ1v) is 10.9. The van der Waals surface area contributed by atoms with Gasteiger partial charge < -0.3 is 5.32 Å². The van der Waals surface area contributed by atoms with Crippen molar-refractivity contribution in [2.24, 2.45) is 0 Å². The standard InChI is InChI=1S/C22H15BrClN7O2/c1-12-9-18(26-20(32)13-3-2-4-14(23)10-13)31(29-12)22-27-19-17(21(33)28-22)11-25-30(19)16-7-5-15(24)6-8-16/h2-11H,1H3,(H,26,32)(H,27,28,33). The average molecular weight is 525 g/mol. The Hall–Kier alpha value is -3.76. The van der Waals surface area contributed by atoms with Crippen molar-refractivity contribution < 1.29 is 4.79 Å². The third-order valence-corrected chi connectivity index (χ3v) is 5.60. The number of nitrogens with zero attached hydrogens (tertiary/aromatic N) is 5. The molecular formula is C22H15BrClN7O2. The highest BCUT2D eigenvalue weighted by molar-refractivity contribution is 9.10. The predicted octanol–water partition coefficient (Wildman–Crippen LogP) is 4.27. The number of halogens is 2. The van der Waals surface area contributed by atoms with Gasteiger partial charge in [0, 0.05) is 21.1 Å². The van der Waals surface area contributed by atoms with E-state index in [0.29, 0.717) is 38.8 Å². The van der Waals surface area contributed by atoms with E-state index in [4.69, 9.17) is 11.6 Å². The normalized spacial score (nSPS) is 11.1. The predicted molar refractivity (Wildman–Crippen MR) is 128 cm³/mol. The van der Waals surface area contributed by atoms with Gasteiger partial charge in [-0.15, -0.1) is 0 Å². The first-order chi connectivity index (χ1) is 15.9. The monoisotopic (exact) mass is 523 g/mol. The first kappa shape index (κ1) is 21.1. The molecule has 33 heavy (non-hydrogen) atoms. The number of carbonyl (C=O) groups is 1. The summed E-state index contributed by atoms with van der Waals surface area (Å²) < 4.78 is 3.71. The molecule has 0 saturated carbocycles. The van der Waals surface area contributed by atoms with E-state index in [1.807, 2.05) is 6.07 Å². The molecule has 2 N–H and O–H groups in total. The van der Waals surface area contributed by atoms with E-state index in [-0.39, 0.29) is 17.4 Å². The van der Waals surface area contributed by atoms with Gasteiger partial charge in [0.1, 0.15) is 11.2 Å². The van der Waals surface area contributed by atoms with Gasteiger partial charge >= 0.3 is 0 Å². The van der Waals surface area contributed by atoms with Gasteiger partial charge in [-0.3, -0.25) is 14.6 Å². The molecule has 0 aliphatic heterocycles. The molecular weight excluding hydrogens is 510 g/mol. The molecule has 0 radical (unpaired) electrons. The Morgan fingerprint density at radius 3 is 2.67 bits per heavy atom. The Balaban J connectivity index is 1.58. The lowest BCUT2D eigenvalue weighted by Gasteiger charge is -2.09. The van der Waals surface area contributed by atoms with Crippen LogP contribution in [0, 0.1) is 6.92 Å². The zero-order chi connectivity index (χ0) is 23.1. The number of hydrogen-bond donors (Lipinski definition) is 2. The highest BCUT2D eigenvalue weighted by atomic mass is 79.9. The van der Waals surface area contributed by atoms with Crippen molar-refractivity contribution in [1.29, 1.82) is 0 Å². The van der Waals surface area contributed by atoms with Gasteiger partial charge in [-0.2, -0.15) is 19.9 Å². The van der Waals surface area contributed by atoms with Gasteiger partial charge in [0.25, 0.3) is 11.5 Å². The lowest BCUT2D eigenvalue weighted by atomic mass is 10.2. The van der Waals surface area contributed by atoms with E-state index < -0.39 is 0 Å². The molecule has 2 aromatic carbocycles. The molecule has 164 valence electrons. The van der Waals surface area contributed by atoms with E-state index in [9.17, 15) is 9.59 Å². The minimum Gasteiger partial charge on any atom is -0.306 e. The quantitative estimate of drug-likeness (QED) is 0.365. The van der Waals surface area contributed by atoms with E-state index >= 15 is 0 Å². The SMILES string of the molecule is Cc1cc(NC(=O)c2cccc(Br)c2)n(-c2nc3c(cnn3-c3ccc(Cl)cc3)c(=O)[nH]2)n1. The van der Waals surface area contributed by atoms with E-state index in [1.54, 1.807) is 60.1 Å². The maximum Gasteiger partial charge on any atom is 0.263 e. The molecule has 0 aliphatic rings. The number of rotatable bonds is 4. The molecule has 0 bridgehead atoms. The number of aromatic nitrogens is 6. The fourth-order valence-electron chi connectivity index (χ4n) is 3.35. The Morgan fingerprint density at radius 1 is 1.12 bits per heavy atom. The second kappa shape index (κ2) is 8.30. The zero-order valence-corrected chi connectivity index (χ0v) is 19.4. The largest absolute Gasteiger partial charge is 0.306 e. The summed E-state index contributed by atoms with van der Waals surface area (Å²) in [6.45, 7) is 1.78. The number of H-pyrrole nitrogens is 1. The molecule has 1 amide bonds. The van der Waals surface area contributed by atoms with Crippen LogP contribution in [0.3, 0.4) is 0 Å². The van der Waals surface area contributed by atoms with Crippen LogP contribution in [0.1, 0.15) is 16.1 Å². The summed E-state index contributed by atoms with van der Waals surface area (Å²) in [4.78, 5) is 32.8. The van der Waals surface area contributed by atoms with Crippen molar-refractivity contribution in [3.8, 4) is 11.6 Å². The molecule has 0 atom stereocenters. The average Bonchev–Trinajstić information content (AvgIpc) is 3.38. The van der Waals surface area contributed by atoms with Gasteiger partial charge in [0.15, 0.2) is 5.65 Å². The summed E-state index contributed by atoms with van der Waals surface area (Å²) in [6, 6.07) is 15.7. The molecule has 9 nitrogen and oxygen atoms in total. The molecule has 3 heterocycles. The lowest BCUT2D eigenvalue weighted by Crippen LogP contribution is -2.19. The zero-order valence-electron chi connectivity index (χ0n) is 17.1. The number of aromatic amines is 1. The molecule has 0 fully saturated rings. The van der Waals surface area contributed by atoms with Crippen LogP contribution in [-0.4, -0.2) is 35.4 Å². The minimum atomic E-state index is -0.382. The van der Waals surface area contributed by atoms with Crippen molar-refractivity contribution in [2.45, 2.75) is 6.92 Å². The van der Waals surface area contributed by atoms with Crippen molar-refractivity contribution >= 4 is 50.3 Å². The number of carbonyl (C=O) groups excluding carboxylic acids is 1. The molecule has 5 rings (SSSR count). The van der Waals surface area contributed by atoms with E-state index in [1.165, 1.54) is 10.9 Å². The van der Waals surface area contributed by atoms with Crippen LogP contribution in [0.2, 0.25) is 5.02 Å². The Labute approximate surface area is 200 Å². The Kier molecular flexibility index (Phi) is 5.31.